The van der Waals surface area contributed by atoms with Crippen molar-refractivity contribution in [1.82, 2.24) is 9.80 Å². The molecule has 1 aromatic heterocycles. The summed E-state index contributed by atoms with van der Waals surface area (Å²) < 4.78 is 0. The van der Waals surface area contributed by atoms with Gasteiger partial charge in [0.1, 0.15) is 6.10 Å². The molecule has 0 bridgehead atoms. The van der Waals surface area contributed by atoms with Crippen LogP contribution >= 0.6 is 23.1 Å². The molecule has 1 unspecified atom stereocenters. The SMILES string of the molecule is CC(C)Sc1ccc(CC(=O)N2CCN(CC(O)c3cccs3)CC2)cc1. The topological polar surface area (TPSA) is 43.8 Å². The number of β-amino-alcohol motifs (C(OH)–C–C–N with tert-alkyl or cyclic N) is 1. The molecular weight excluding hydrogens is 376 g/mol. The number of aliphatic hydroxyl groups excluding tert-OH is 1. The van der Waals surface area contributed by atoms with Gasteiger partial charge in [-0.2, -0.15) is 0 Å². The van der Waals surface area contributed by atoms with E-state index in [9.17, 15) is 9.90 Å². The molecule has 1 N–H and O–H groups in total. The van der Waals surface area contributed by atoms with Crippen molar-refractivity contribution >= 4 is 29.0 Å². The van der Waals surface area contributed by atoms with Gasteiger partial charge < -0.3 is 10.0 Å². The second-order valence-corrected chi connectivity index (χ2v) is 9.83. The summed E-state index contributed by atoms with van der Waals surface area (Å²) in [6.07, 6.45) is 0.0271. The van der Waals surface area contributed by atoms with Crippen LogP contribution in [0.5, 0.6) is 0 Å². The summed E-state index contributed by atoms with van der Waals surface area (Å²) in [5.41, 5.74) is 1.07. The number of nitrogens with zero attached hydrogens (tertiary/aromatic N) is 2. The number of thioether (sulfide) groups is 1. The first-order valence-corrected chi connectivity index (χ1v) is 11.2. The summed E-state index contributed by atoms with van der Waals surface area (Å²) in [5.74, 6) is 0.192. The highest BCUT2D eigenvalue weighted by molar-refractivity contribution is 7.99. The van der Waals surface area contributed by atoms with Gasteiger partial charge >= 0.3 is 0 Å². The Kier molecular flexibility index (Phi) is 7.35. The van der Waals surface area contributed by atoms with Crippen molar-refractivity contribution in [3.8, 4) is 0 Å². The second-order valence-electron chi connectivity index (χ2n) is 7.20. The van der Waals surface area contributed by atoms with Gasteiger partial charge in [-0.3, -0.25) is 9.69 Å². The van der Waals surface area contributed by atoms with Crippen LogP contribution in [0.4, 0.5) is 0 Å². The summed E-state index contributed by atoms with van der Waals surface area (Å²) in [7, 11) is 0. The number of aliphatic hydroxyl groups is 1. The van der Waals surface area contributed by atoms with E-state index in [1.54, 1.807) is 11.3 Å². The predicted octanol–water partition coefficient (Wildman–Crippen LogP) is 3.67. The van der Waals surface area contributed by atoms with Crippen LogP contribution in [0.1, 0.15) is 30.4 Å². The Morgan fingerprint density at radius 1 is 1.15 bits per heavy atom. The number of hydrogen-bond donors (Lipinski definition) is 1. The van der Waals surface area contributed by atoms with E-state index >= 15 is 0 Å². The third-order valence-electron chi connectivity index (χ3n) is 4.68. The average Bonchev–Trinajstić information content (AvgIpc) is 3.18. The van der Waals surface area contributed by atoms with E-state index in [4.69, 9.17) is 0 Å². The Morgan fingerprint density at radius 3 is 2.44 bits per heavy atom. The lowest BCUT2D eigenvalue weighted by Gasteiger charge is -2.35. The molecule has 6 heteroatoms. The number of hydrogen-bond acceptors (Lipinski definition) is 5. The van der Waals surface area contributed by atoms with E-state index in [1.165, 1.54) is 4.90 Å². The van der Waals surface area contributed by atoms with Gasteiger partial charge in [0.15, 0.2) is 0 Å². The molecule has 2 heterocycles. The van der Waals surface area contributed by atoms with E-state index in [-0.39, 0.29) is 5.91 Å². The number of carbonyl (C=O) groups is 1. The van der Waals surface area contributed by atoms with Crippen molar-refractivity contribution in [2.45, 2.75) is 36.5 Å². The molecule has 1 fully saturated rings. The fourth-order valence-electron chi connectivity index (χ4n) is 3.24. The van der Waals surface area contributed by atoms with Crippen LogP contribution in [-0.2, 0) is 11.2 Å². The van der Waals surface area contributed by atoms with Crippen LogP contribution in [0.15, 0.2) is 46.7 Å². The van der Waals surface area contributed by atoms with Crippen molar-refractivity contribution < 1.29 is 9.90 Å². The number of carbonyl (C=O) groups excluding carboxylic acids is 1. The van der Waals surface area contributed by atoms with Crippen molar-refractivity contribution in [1.29, 1.82) is 0 Å². The highest BCUT2D eigenvalue weighted by Crippen LogP contribution is 2.23. The first-order valence-electron chi connectivity index (χ1n) is 9.48. The van der Waals surface area contributed by atoms with E-state index in [0.717, 1.165) is 36.6 Å². The molecule has 4 nitrogen and oxygen atoms in total. The Labute approximate surface area is 170 Å². The van der Waals surface area contributed by atoms with Crippen LogP contribution in [0.25, 0.3) is 0 Å². The van der Waals surface area contributed by atoms with Crippen molar-refractivity contribution in [2.24, 2.45) is 0 Å². The zero-order valence-corrected chi connectivity index (χ0v) is 17.6. The quantitative estimate of drug-likeness (QED) is 0.715. The maximum Gasteiger partial charge on any atom is 0.227 e. The molecule has 1 aromatic carbocycles. The molecule has 1 atom stereocenters. The van der Waals surface area contributed by atoms with Gasteiger partial charge in [-0.05, 0) is 29.1 Å². The molecular formula is C21H28N2O2S2. The Bertz CT molecular complexity index is 708. The van der Waals surface area contributed by atoms with Crippen LogP contribution in [0, 0.1) is 0 Å². The van der Waals surface area contributed by atoms with Crippen molar-refractivity contribution in [3.05, 3.63) is 52.2 Å². The minimum Gasteiger partial charge on any atom is -0.386 e. The van der Waals surface area contributed by atoms with Gasteiger partial charge in [0.2, 0.25) is 5.91 Å². The van der Waals surface area contributed by atoms with Gasteiger partial charge in [-0.15, -0.1) is 23.1 Å². The Hall–Kier alpha value is -1.34. The normalized spacial score (nSPS) is 16.7. The lowest BCUT2D eigenvalue weighted by molar-refractivity contribution is -0.132. The van der Waals surface area contributed by atoms with Crippen LogP contribution in [-0.4, -0.2) is 58.8 Å². The third-order valence-corrected chi connectivity index (χ3v) is 6.67. The van der Waals surface area contributed by atoms with Gasteiger partial charge in [0.05, 0.1) is 6.42 Å². The summed E-state index contributed by atoms with van der Waals surface area (Å²) >= 11 is 3.43. The van der Waals surface area contributed by atoms with Crippen LogP contribution in [0.3, 0.4) is 0 Å². The highest BCUT2D eigenvalue weighted by Gasteiger charge is 2.23. The maximum absolute atomic E-state index is 12.6. The Balaban J connectivity index is 1.44. The summed E-state index contributed by atoms with van der Waals surface area (Å²) in [4.78, 5) is 19.0. The number of rotatable bonds is 7. The van der Waals surface area contributed by atoms with Crippen LogP contribution in [0.2, 0.25) is 0 Å². The summed E-state index contributed by atoms with van der Waals surface area (Å²) in [5, 5.41) is 12.8. The largest absolute Gasteiger partial charge is 0.386 e. The molecule has 0 spiro atoms. The molecule has 27 heavy (non-hydrogen) atoms. The summed E-state index contributed by atoms with van der Waals surface area (Å²) in [6, 6.07) is 12.3. The van der Waals surface area contributed by atoms with E-state index in [0.29, 0.717) is 18.2 Å². The minimum atomic E-state index is -0.436. The molecule has 0 saturated carbocycles. The molecule has 1 aliphatic rings. The van der Waals surface area contributed by atoms with Crippen molar-refractivity contribution in [3.63, 3.8) is 0 Å². The third kappa shape index (κ3) is 6.07. The second kappa shape index (κ2) is 9.73. The highest BCUT2D eigenvalue weighted by atomic mass is 32.2. The molecule has 2 aromatic rings. The smallest absolute Gasteiger partial charge is 0.227 e. The van der Waals surface area contributed by atoms with Gasteiger partial charge in [-0.1, -0.05) is 32.0 Å². The molecule has 0 aliphatic carbocycles. The van der Waals surface area contributed by atoms with Crippen LogP contribution < -0.4 is 0 Å². The fraction of sp³-hybridized carbons (Fsp3) is 0.476. The zero-order valence-electron chi connectivity index (χ0n) is 16.0. The molecule has 3 rings (SSSR count). The maximum atomic E-state index is 12.6. The fourth-order valence-corrected chi connectivity index (χ4v) is 4.78. The Morgan fingerprint density at radius 2 is 1.85 bits per heavy atom. The average molecular weight is 405 g/mol. The molecule has 1 saturated heterocycles. The lowest BCUT2D eigenvalue weighted by Crippen LogP contribution is -2.49. The lowest BCUT2D eigenvalue weighted by atomic mass is 10.1. The first kappa shape index (κ1) is 20.4. The predicted molar refractivity (Wildman–Crippen MR) is 113 cm³/mol. The number of piperazine rings is 1. The molecule has 0 radical (unpaired) electrons. The molecule has 1 amide bonds. The molecule has 1 aliphatic heterocycles. The van der Waals surface area contributed by atoms with E-state index < -0.39 is 6.10 Å². The number of thiophene rings is 1. The van der Waals surface area contributed by atoms with E-state index in [1.807, 2.05) is 34.2 Å². The van der Waals surface area contributed by atoms with Crippen molar-refractivity contribution in [2.75, 3.05) is 32.7 Å². The minimum absolute atomic E-state index is 0.192. The monoisotopic (exact) mass is 404 g/mol. The van der Waals surface area contributed by atoms with Gasteiger partial charge in [0.25, 0.3) is 0 Å². The zero-order chi connectivity index (χ0) is 19.2. The summed E-state index contributed by atoms with van der Waals surface area (Å²) in [6.45, 7) is 8.10. The number of amides is 1. The standard InChI is InChI=1S/C21H28N2O2S2/c1-16(2)27-18-7-5-17(6-8-18)14-21(25)23-11-9-22(10-12-23)15-19(24)20-4-3-13-26-20/h3-8,13,16,19,24H,9-12,14-15H2,1-2H3. The van der Waals surface area contributed by atoms with E-state index in [2.05, 4.69) is 43.0 Å². The van der Waals surface area contributed by atoms with Gasteiger partial charge in [-0.25, -0.2) is 0 Å². The first-order chi connectivity index (χ1) is 13.0. The molecule has 146 valence electrons. The van der Waals surface area contributed by atoms with Gasteiger partial charge in [0, 0.05) is 47.7 Å². The number of benzene rings is 1.